The van der Waals surface area contributed by atoms with Crippen LogP contribution in [0, 0.1) is 0 Å². The lowest BCUT2D eigenvalue weighted by atomic mass is 10.2. The van der Waals surface area contributed by atoms with Gasteiger partial charge in [0.05, 0.1) is 5.75 Å². The highest BCUT2D eigenvalue weighted by molar-refractivity contribution is 7.88. The first-order chi connectivity index (χ1) is 10.1. The Hall–Kier alpha value is -1.44. The third kappa shape index (κ3) is 3.81. The largest absolute Gasteiger partial charge is 0.346 e. The zero-order chi connectivity index (χ0) is 14.7. The first-order valence-corrected chi connectivity index (χ1v) is 9.34. The SMILES string of the molecule is O=S(=O)(Cc1ccccc1)NC1CCN(c2nccs2)C1. The third-order valence-corrected chi connectivity index (χ3v) is 5.66. The van der Waals surface area contributed by atoms with Crippen LogP contribution < -0.4 is 9.62 Å². The maximum absolute atomic E-state index is 12.2. The molecule has 1 N–H and O–H groups in total. The Morgan fingerprint density at radius 2 is 2.14 bits per heavy atom. The molecule has 1 aliphatic rings. The van der Waals surface area contributed by atoms with Gasteiger partial charge in [0.15, 0.2) is 5.13 Å². The average molecular weight is 323 g/mol. The third-order valence-electron chi connectivity index (χ3n) is 3.42. The molecule has 1 fully saturated rings. The minimum absolute atomic E-state index is 0.0294. The van der Waals surface area contributed by atoms with Gasteiger partial charge < -0.3 is 4.90 Å². The molecule has 112 valence electrons. The molecule has 2 heterocycles. The molecule has 0 spiro atoms. The molecular weight excluding hydrogens is 306 g/mol. The van der Waals surface area contributed by atoms with Crippen LogP contribution in [0.2, 0.25) is 0 Å². The van der Waals surface area contributed by atoms with Crippen LogP contribution >= 0.6 is 11.3 Å². The molecule has 0 bridgehead atoms. The molecule has 0 radical (unpaired) electrons. The molecule has 0 aliphatic carbocycles. The van der Waals surface area contributed by atoms with Crippen molar-refractivity contribution in [1.82, 2.24) is 9.71 Å². The van der Waals surface area contributed by atoms with E-state index in [0.29, 0.717) is 6.54 Å². The second-order valence-corrected chi connectivity index (χ2v) is 7.74. The van der Waals surface area contributed by atoms with Gasteiger partial charge in [0, 0.05) is 30.7 Å². The van der Waals surface area contributed by atoms with Gasteiger partial charge in [-0.05, 0) is 12.0 Å². The maximum atomic E-state index is 12.2. The highest BCUT2D eigenvalue weighted by Gasteiger charge is 2.27. The molecule has 1 atom stereocenters. The fraction of sp³-hybridized carbons (Fsp3) is 0.357. The van der Waals surface area contributed by atoms with Crippen LogP contribution in [-0.2, 0) is 15.8 Å². The monoisotopic (exact) mass is 323 g/mol. The van der Waals surface area contributed by atoms with E-state index in [1.165, 1.54) is 0 Å². The smallest absolute Gasteiger partial charge is 0.216 e. The summed E-state index contributed by atoms with van der Waals surface area (Å²) in [5.74, 6) is 0.0294. The number of aromatic nitrogens is 1. The summed E-state index contributed by atoms with van der Waals surface area (Å²) in [7, 11) is -3.30. The van der Waals surface area contributed by atoms with Crippen LogP contribution in [0.4, 0.5) is 5.13 Å². The lowest BCUT2D eigenvalue weighted by molar-refractivity contribution is 0.560. The summed E-state index contributed by atoms with van der Waals surface area (Å²) >= 11 is 1.58. The van der Waals surface area contributed by atoms with E-state index in [2.05, 4.69) is 14.6 Å². The molecule has 0 saturated carbocycles. The van der Waals surface area contributed by atoms with Crippen LogP contribution in [0.15, 0.2) is 41.9 Å². The highest BCUT2D eigenvalue weighted by Crippen LogP contribution is 2.22. The zero-order valence-corrected chi connectivity index (χ0v) is 13.1. The number of hydrogen-bond acceptors (Lipinski definition) is 5. The fourth-order valence-electron chi connectivity index (χ4n) is 2.49. The molecule has 1 aromatic heterocycles. The van der Waals surface area contributed by atoms with Gasteiger partial charge in [0.25, 0.3) is 0 Å². The zero-order valence-electron chi connectivity index (χ0n) is 11.5. The summed E-state index contributed by atoms with van der Waals surface area (Å²) in [4.78, 5) is 6.39. The van der Waals surface area contributed by atoms with Gasteiger partial charge in [-0.2, -0.15) is 0 Å². The van der Waals surface area contributed by atoms with Crippen LogP contribution in [0.1, 0.15) is 12.0 Å². The van der Waals surface area contributed by atoms with E-state index >= 15 is 0 Å². The van der Waals surface area contributed by atoms with E-state index in [4.69, 9.17) is 0 Å². The second kappa shape index (κ2) is 6.13. The number of benzene rings is 1. The minimum atomic E-state index is -3.30. The van der Waals surface area contributed by atoms with Gasteiger partial charge in [0.1, 0.15) is 0 Å². The molecule has 1 saturated heterocycles. The predicted molar refractivity (Wildman–Crippen MR) is 84.9 cm³/mol. The Labute approximate surface area is 128 Å². The summed E-state index contributed by atoms with van der Waals surface area (Å²) in [5.41, 5.74) is 0.805. The number of thiazole rings is 1. The van der Waals surface area contributed by atoms with E-state index < -0.39 is 10.0 Å². The Kier molecular flexibility index (Phi) is 4.23. The maximum Gasteiger partial charge on any atom is 0.216 e. The molecule has 3 rings (SSSR count). The Bertz CT molecular complexity index is 672. The van der Waals surface area contributed by atoms with Crippen LogP contribution in [0.5, 0.6) is 0 Å². The summed E-state index contributed by atoms with van der Waals surface area (Å²) in [5, 5.41) is 2.89. The Morgan fingerprint density at radius 3 is 2.86 bits per heavy atom. The van der Waals surface area contributed by atoms with Crippen LogP contribution in [0.3, 0.4) is 0 Å². The lowest BCUT2D eigenvalue weighted by Gasteiger charge is -2.16. The van der Waals surface area contributed by atoms with Crippen molar-refractivity contribution in [1.29, 1.82) is 0 Å². The quantitative estimate of drug-likeness (QED) is 0.912. The van der Waals surface area contributed by atoms with Crippen LogP contribution in [-0.4, -0.2) is 32.5 Å². The Morgan fingerprint density at radius 1 is 1.33 bits per heavy atom. The van der Waals surface area contributed by atoms with Gasteiger partial charge in [0.2, 0.25) is 10.0 Å². The number of sulfonamides is 1. The van der Waals surface area contributed by atoms with Crippen LogP contribution in [0.25, 0.3) is 0 Å². The summed E-state index contributed by atoms with van der Waals surface area (Å²) in [6, 6.07) is 9.20. The van der Waals surface area contributed by atoms with Gasteiger partial charge >= 0.3 is 0 Å². The molecule has 7 heteroatoms. The lowest BCUT2D eigenvalue weighted by Crippen LogP contribution is -2.37. The van der Waals surface area contributed by atoms with E-state index in [9.17, 15) is 8.42 Å². The summed E-state index contributed by atoms with van der Waals surface area (Å²) in [6.45, 7) is 1.52. The molecular formula is C14H17N3O2S2. The van der Waals surface area contributed by atoms with Crippen molar-refractivity contribution < 1.29 is 8.42 Å². The highest BCUT2D eigenvalue weighted by atomic mass is 32.2. The number of nitrogens with zero attached hydrogens (tertiary/aromatic N) is 2. The first kappa shape index (κ1) is 14.5. The molecule has 5 nitrogen and oxygen atoms in total. The average Bonchev–Trinajstić information content (AvgIpc) is 3.09. The second-order valence-electron chi connectivity index (χ2n) is 5.11. The predicted octanol–water partition coefficient (Wildman–Crippen LogP) is 1.84. The molecule has 0 amide bonds. The van der Waals surface area contributed by atoms with Crippen molar-refractivity contribution in [3.05, 3.63) is 47.5 Å². The van der Waals surface area contributed by atoms with Crippen molar-refractivity contribution in [3.8, 4) is 0 Å². The normalized spacial score (nSPS) is 19.0. The molecule has 1 unspecified atom stereocenters. The van der Waals surface area contributed by atoms with Gasteiger partial charge in [-0.15, -0.1) is 11.3 Å². The number of nitrogens with one attached hydrogen (secondary N) is 1. The topological polar surface area (TPSA) is 62.3 Å². The summed E-state index contributed by atoms with van der Waals surface area (Å²) in [6.07, 6.45) is 2.58. The van der Waals surface area contributed by atoms with E-state index in [1.807, 2.05) is 35.7 Å². The van der Waals surface area contributed by atoms with Gasteiger partial charge in [-0.1, -0.05) is 30.3 Å². The van der Waals surface area contributed by atoms with Crippen molar-refractivity contribution in [2.75, 3.05) is 18.0 Å². The number of hydrogen-bond donors (Lipinski definition) is 1. The molecule has 1 aliphatic heterocycles. The molecule has 21 heavy (non-hydrogen) atoms. The van der Waals surface area contributed by atoms with Gasteiger partial charge in [-0.25, -0.2) is 18.1 Å². The van der Waals surface area contributed by atoms with Crippen molar-refractivity contribution in [3.63, 3.8) is 0 Å². The van der Waals surface area contributed by atoms with Crippen molar-refractivity contribution >= 4 is 26.5 Å². The number of anilines is 1. The summed E-state index contributed by atoms with van der Waals surface area (Å²) < 4.78 is 27.2. The number of rotatable bonds is 5. The van der Waals surface area contributed by atoms with Gasteiger partial charge in [-0.3, -0.25) is 0 Å². The fourth-order valence-corrected chi connectivity index (χ4v) is 4.59. The van der Waals surface area contributed by atoms with E-state index in [0.717, 1.165) is 23.7 Å². The Balaban J connectivity index is 1.59. The van der Waals surface area contributed by atoms with Crippen molar-refractivity contribution in [2.45, 2.75) is 18.2 Å². The van der Waals surface area contributed by atoms with E-state index in [1.54, 1.807) is 17.5 Å². The van der Waals surface area contributed by atoms with Crippen molar-refractivity contribution in [2.24, 2.45) is 0 Å². The minimum Gasteiger partial charge on any atom is -0.346 e. The molecule has 1 aromatic carbocycles. The molecule has 2 aromatic rings. The first-order valence-electron chi connectivity index (χ1n) is 6.81. The standard InChI is InChI=1S/C14H17N3O2S2/c18-21(19,11-12-4-2-1-3-5-12)16-13-6-8-17(10-13)14-15-7-9-20-14/h1-5,7,9,13,16H,6,8,10-11H2. The van der Waals surface area contributed by atoms with E-state index in [-0.39, 0.29) is 11.8 Å².